The van der Waals surface area contributed by atoms with E-state index in [-0.39, 0.29) is 17.2 Å². The summed E-state index contributed by atoms with van der Waals surface area (Å²) in [5.74, 6) is 1.34. The first-order chi connectivity index (χ1) is 10.9. The van der Waals surface area contributed by atoms with E-state index < -0.39 is 0 Å². The Bertz CT molecular complexity index is 537. The van der Waals surface area contributed by atoms with Crippen molar-refractivity contribution in [2.24, 2.45) is 5.92 Å². The van der Waals surface area contributed by atoms with Crippen LogP contribution in [0.4, 0.5) is 5.82 Å². The fourth-order valence-corrected chi connectivity index (χ4v) is 3.14. The van der Waals surface area contributed by atoms with Crippen molar-refractivity contribution in [3.05, 3.63) is 17.8 Å². The van der Waals surface area contributed by atoms with Crippen LogP contribution in [0.3, 0.4) is 0 Å². The molecule has 5 nitrogen and oxygen atoms in total. The predicted octanol–water partition coefficient (Wildman–Crippen LogP) is 2.66. The van der Waals surface area contributed by atoms with Gasteiger partial charge in [0.05, 0.1) is 5.69 Å². The van der Waals surface area contributed by atoms with Crippen molar-refractivity contribution in [2.75, 3.05) is 18.0 Å². The van der Waals surface area contributed by atoms with Crippen LogP contribution < -0.4 is 10.2 Å². The van der Waals surface area contributed by atoms with Crippen LogP contribution in [0.2, 0.25) is 0 Å². The molecule has 1 aliphatic carbocycles. The lowest BCUT2D eigenvalue weighted by Crippen LogP contribution is -2.46. The fraction of sp³-hybridized carbons (Fsp3) is 0.722. The maximum absolute atomic E-state index is 12.2. The number of carbonyl (C=O) groups excluding carboxylic acids is 1. The summed E-state index contributed by atoms with van der Waals surface area (Å²) in [6.07, 6.45) is 5.37. The predicted molar refractivity (Wildman–Crippen MR) is 91.5 cm³/mol. The van der Waals surface area contributed by atoms with Crippen LogP contribution in [0.5, 0.6) is 0 Å². The Balaban J connectivity index is 1.53. The summed E-state index contributed by atoms with van der Waals surface area (Å²) in [7, 11) is 0. The van der Waals surface area contributed by atoms with Crippen LogP contribution in [0, 0.1) is 5.92 Å². The molecule has 0 radical (unpaired) electrons. The molecule has 5 heteroatoms. The molecule has 0 aromatic carbocycles. The number of rotatable bonds is 3. The Hall–Kier alpha value is -1.65. The van der Waals surface area contributed by atoms with Gasteiger partial charge in [-0.25, -0.2) is 0 Å². The molecule has 2 fully saturated rings. The molecule has 3 rings (SSSR count). The second kappa shape index (κ2) is 6.46. The monoisotopic (exact) mass is 316 g/mol. The minimum atomic E-state index is 0.0259. The zero-order chi connectivity index (χ0) is 16.4. The first kappa shape index (κ1) is 16.2. The molecule has 23 heavy (non-hydrogen) atoms. The Kier molecular flexibility index (Phi) is 4.55. The highest BCUT2D eigenvalue weighted by molar-refractivity contribution is 5.79. The summed E-state index contributed by atoms with van der Waals surface area (Å²) in [6.45, 7) is 8.19. The van der Waals surface area contributed by atoms with Crippen molar-refractivity contribution in [3.8, 4) is 0 Å². The molecule has 1 N–H and O–H groups in total. The van der Waals surface area contributed by atoms with Gasteiger partial charge in [-0.05, 0) is 44.2 Å². The zero-order valence-corrected chi connectivity index (χ0v) is 14.5. The Morgan fingerprint density at radius 1 is 1.13 bits per heavy atom. The van der Waals surface area contributed by atoms with Gasteiger partial charge in [-0.15, -0.1) is 5.10 Å². The van der Waals surface area contributed by atoms with Gasteiger partial charge in [0.15, 0.2) is 5.82 Å². The maximum Gasteiger partial charge on any atom is 0.223 e. The molecule has 1 aliphatic heterocycles. The number of nitrogens with one attached hydrogen (secondary N) is 1. The van der Waals surface area contributed by atoms with Crippen LogP contribution in [0.1, 0.15) is 58.6 Å². The van der Waals surface area contributed by atoms with Gasteiger partial charge in [-0.3, -0.25) is 4.79 Å². The van der Waals surface area contributed by atoms with Crippen molar-refractivity contribution in [3.63, 3.8) is 0 Å². The van der Waals surface area contributed by atoms with Crippen molar-refractivity contribution in [1.29, 1.82) is 0 Å². The van der Waals surface area contributed by atoms with Gasteiger partial charge in [0, 0.05) is 30.5 Å². The third kappa shape index (κ3) is 3.82. The number of nitrogens with zero attached hydrogens (tertiary/aromatic N) is 3. The van der Waals surface area contributed by atoms with Gasteiger partial charge in [0.1, 0.15) is 0 Å². The molecule has 1 saturated carbocycles. The second-order valence-corrected chi connectivity index (χ2v) is 7.92. The highest BCUT2D eigenvalue weighted by atomic mass is 16.2. The van der Waals surface area contributed by atoms with Crippen molar-refractivity contribution < 1.29 is 4.79 Å². The lowest BCUT2D eigenvalue weighted by molar-refractivity contribution is -0.126. The molecule has 1 aromatic heterocycles. The molecular weight excluding hydrogens is 288 g/mol. The summed E-state index contributed by atoms with van der Waals surface area (Å²) < 4.78 is 0. The summed E-state index contributed by atoms with van der Waals surface area (Å²) in [5, 5.41) is 11.9. The SMILES string of the molecule is CC(C)(C)c1ccc(N2CCC(C(=O)NC3CCC3)CC2)nn1. The summed E-state index contributed by atoms with van der Waals surface area (Å²) in [5.41, 5.74) is 1.04. The average Bonchev–Trinajstić information content (AvgIpc) is 2.50. The van der Waals surface area contributed by atoms with Crippen LogP contribution in [0.25, 0.3) is 0 Å². The normalized spacial score (nSPS) is 20.2. The highest BCUT2D eigenvalue weighted by Crippen LogP contribution is 2.25. The van der Waals surface area contributed by atoms with Gasteiger partial charge in [-0.2, -0.15) is 5.10 Å². The van der Waals surface area contributed by atoms with Gasteiger partial charge < -0.3 is 10.2 Å². The van der Waals surface area contributed by atoms with Crippen LogP contribution in [0.15, 0.2) is 12.1 Å². The van der Waals surface area contributed by atoms with Crippen LogP contribution >= 0.6 is 0 Å². The summed E-state index contributed by atoms with van der Waals surface area (Å²) in [4.78, 5) is 14.5. The van der Waals surface area contributed by atoms with Gasteiger partial charge in [-0.1, -0.05) is 20.8 Å². The van der Waals surface area contributed by atoms with E-state index in [1.54, 1.807) is 0 Å². The summed E-state index contributed by atoms with van der Waals surface area (Å²) >= 11 is 0. The lowest BCUT2D eigenvalue weighted by atomic mass is 9.90. The van der Waals surface area contributed by atoms with Crippen LogP contribution in [-0.2, 0) is 10.2 Å². The molecule has 1 saturated heterocycles. The largest absolute Gasteiger partial charge is 0.355 e. The van der Waals surface area contributed by atoms with E-state index in [1.807, 2.05) is 0 Å². The Labute approximate surface area is 138 Å². The molecule has 2 heterocycles. The molecular formula is C18H28N4O. The quantitative estimate of drug-likeness (QED) is 0.931. The highest BCUT2D eigenvalue weighted by Gasteiger charge is 2.28. The number of amides is 1. The van der Waals surface area contributed by atoms with Crippen molar-refractivity contribution in [2.45, 2.75) is 64.3 Å². The molecule has 0 bridgehead atoms. The van der Waals surface area contributed by atoms with Crippen molar-refractivity contribution in [1.82, 2.24) is 15.5 Å². The molecule has 1 aromatic rings. The van der Waals surface area contributed by atoms with E-state index >= 15 is 0 Å². The second-order valence-electron chi connectivity index (χ2n) is 7.92. The zero-order valence-electron chi connectivity index (χ0n) is 14.5. The topological polar surface area (TPSA) is 58.1 Å². The van der Waals surface area contributed by atoms with E-state index in [0.29, 0.717) is 6.04 Å². The standard InChI is InChI=1S/C18H28N4O/c1-18(2,3)15-7-8-16(21-20-15)22-11-9-13(10-12-22)17(23)19-14-5-4-6-14/h7-8,13-14H,4-6,9-12H2,1-3H3,(H,19,23). The van der Waals surface area contributed by atoms with E-state index in [1.165, 1.54) is 6.42 Å². The van der Waals surface area contributed by atoms with Gasteiger partial charge >= 0.3 is 0 Å². The molecule has 0 atom stereocenters. The number of carbonyl (C=O) groups is 1. The third-order valence-electron chi connectivity index (χ3n) is 5.06. The van der Waals surface area contributed by atoms with Crippen molar-refractivity contribution >= 4 is 11.7 Å². The maximum atomic E-state index is 12.2. The van der Waals surface area contributed by atoms with E-state index in [4.69, 9.17) is 0 Å². The smallest absolute Gasteiger partial charge is 0.223 e. The number of anilines is 1. The van der Waals surface area contributed by atoms with E-state index in [0.717, 1.165) is 50.3 Å². The number of aromatic nitrogens is 2. The van der Waals surface area contributed by atoms with Crippen LogP contribution in [-0.4, -0.2) is 35.2 Å². The molecule has 0 unspecified atom stereocenters. The lowest BCUT2D eigenvalue weighted by Gasteiger charge is -2.34. The number of hydrogen-bond donors (Lipinski definition) is 1. The molecule has 0 spiro atoms. The average molecular weight is 316 g/mol. The fourth-order valence-electron chi connectivity index (χ4n) is 3.14. The molecule has 126 valence electrons. The molecule has 1 amide bonds. The first-order valence-corrected chi connectivity index (χ1v) is 8.83. The van der Waals surface area contributed by atoms with Gasteiger partial charge in [0.2, 0.25) is 5.91 Å². The molecule has 2 aliphatic rings. The third-order valence-corrected chi connectivity index (χ3v) is 5.06. The summed E-state index contributed by atoms with van der Waals surface area (Å²) in [6, 6.07) is 4.57. The first-order valence-electron chi connectivity index (χ1n) is 8.83. The number of hydrogen-bond acceptors (Lipinski definition) is 4. The van der Waals surface area contributed by atoms with E-state index in [2.05, 4.69) is 53.3 Å². The number of piperidine rings is 1. The minimum Gasteiger partial charge on any atom is -0.355 e. The Morgan fingerprint density at radius 3 is 2.30 bits per heavy atom. The Morgan fingerprint density at radius 2 is 1.83 bits per heavy atom. The van der Waals surface area contributed by atoms with E-state index in [9.17, 15) is 4.79 Å². The minimum absolute atomic E-state index is 0.0259. The van der Waals surface area contributed by atoms with Gasteiger partial charge in [0.25, 0.3) is 0 Å².